The van der Waals surface area contributed by atoms with Gasteiger partial charge in [-0.15, -0.1) is 0 Å². The number of aliphatic hydroxyl groups is 2. The minimum absolute atomic E-state index is 0.155. The van der Waals surface area contributed by atoms with Crippen LogP contribution in [0.1, 0.15) is 55.4 Å². The van der Waals surface area contributed by atoms with E-state index in [1.165, 1.54) is 0 Å². The zero-order chi connectivity index (χ0) is 28.2. The number of hydrogen-bond acceptors (Lipinski definition) is 11. The summed E-state index contributed by atoms with van der Waals surface area (Å²) in [7, 11) is -1.89. The van der Waals surface area contributed by atoms with Crippen LogP contribution in [0.3, 0.4) is 0 Å². The number of ether oxygens (including phenoxy) is 6. The zero-order valence-electron chi connectivity index (χ0n) is 23.7. The molecule has 12 heteroatoms. The molecule has 37 heavy (non-hydrogen) atoms. The third-order valence-electron chi connectivity index (χ3n) is 6.70. The van der Waals surface area contributed by atoms with E-state index in [9.17, 15) is 19.8 Å². The molecular weight excluding hydrogens is 504 g/mol. The van der Waals surface area contributed by atoms with Crippen molar-refractivity contribution in [1.82, 2.24) is 0 Å². The maximum Gasteiger partial charge on any atom is 0.305 e. The van der Waals surface area contributed by atoms with Gasteiger partial charge in [0.1, 0.15) is 11.7 Å². The fraction of sp³-hybridized carbons (Fsp3) is 0.920. The lowest BCUT2D eigenvalue weighted by Crippen LogP contribution is -2.50. The van der Waals surface area contributed by atoms with E-state index < -0.39 is 51.0 Å². The molecule has 1 aliphatic heterocycles. The van der Waals surface area contributed by atoms with Crippen LogP contribution in [0.4, 0.5) is 0 Å². The molecule has 1 heterocycles. The van der Waals surface area contributed by atoms with E-state index in [1.54, 1.807) is 0 Å². The highest BCUT2D eigenvalue weighted by atomic mass is 28.4. The molecule has 0 aliphatic carbocycles. The summed E-state index contributed by atoms with van der Waals surface area (Å²) in [4.78, 5) is 22.7. The van der Waals surface area contributed by atoms with Gasteiger partial charge in [-0.2, -0.15) is 0 Å². The van der Waals surface area contributed by atoms with Crippen LogP contribution in [-0.2, 0) is 42.4 Å². The van der Waals surface area contributed by atoms with Gasteiger partial charge in [0, 0.05) is 13.8 Å². The summed E-state index contributed by atoms with van der Waals surface area (Å²) in [6, 6.07) is 0. The zero-order valence-corrected chi connectivity index (χ0v) is 24.7. The van der Waals surface area contributed by atoms with E-state index in [2.05, 4.69) is 41.5 Å². The predicted molar refractivity (Wildman–Crippen MR) is 137 cm³/mol. The quantitative estimate of drug-likeness (QED) is 0.147. The topological polar surface area (TPSA) is 139 Å². The van der Waals surface area contributed by atoms with Crippen molar-refractivity contribution >= 4 is 20.3 Å². The standard InChI is InChI=1S/C25H48O11Si/c1-17(2)37(18(3)4,19(5)6)33-14-13-31-10-9-30-11-12-32-16-25(15-26)23(29)22(34-20(7)27)24(36-25)35-21(8)28/h17-19,22-24,26,29H,9-16H2,1-8H3/t22-,23+,24?,25+/m1/s1. The fourth-order valence-electron chi connectivity index (χ4n) is 5.14. The second-order valence-electron chi connectivity index (χ2n) is 10.3. The largest absolute Gasteiger partial charge is 0.453 e. The van der Waals surface area contributed by atoms with Crippen molar-refractivity contribution in [2.75, 3.05) is 52.9 Å². The Labute approximate surface area is 222 Å². The Morgan fingerprint density at radius 1 is 0.811 bits per heavy atom. The van der Waals surface area contributed by atoms with Crippen LogP contribution in [-0.4, -0.2) is 107 Å². The molecule has 1 saturated heterocycles. The van der Waals surface area contributed by atoms with Crippen LogP contribution in [0.5, 0.6) is 0 Å². The SMILES string of the molecule is CC(=O)OC1O[C@@](CO)(COCCOCCOCCO[Si](C(C)C)(C(C)C)C(C)C)[C@@H](O)[C@H]1OC(C)=O. The second-order valence-corrected chi connectivity index (χ2v) is 15.7. The summed E-state index contributed by atoms with van der Waals surface area (Å²) in [5, 5.41) is 20.5. The Balaban J connectivity index is 2.34. The molecule has 0 aromatic carbocycles. The van der Waals surface area contributed by atoms with Gasteiger partial charge in [-0.3, -0.25) is 9.59 Å². The first-order chi connectivity index (χ1) is 17.3. The average molecular weight is 553 g/mol. The van der Waals surface area contributed by atoms with Crippen LogP contribution in [0, 0.1) is 0 Å². The van der Waals surface area contributed by atoms with Crippen molar-refractivity contribution < 1.29 is 52.6 Å². The van der Waals surface area contributed by atoms with E-state index >= 15 is 0 Å². The van der Waals surface area contributed by atoms with Gasteiger partial charge in [-0.25, -0.2) is 0 Å². The highest BCUT2D eigenvalue weighted by Crippen LogP contribution is 2.42. The first-order valence-electron chi connectivity index (χ1n) is 13.0. The molecule has 11 nitrogen and oxygen atoms in total. The number of carbonyl (C=O) groups is 2. The summed E-state index contributed by atoms with van der Waals surface area (Å²) < 4.78 is 38.8. The van der Waals surface area contributed by atoms with Gasteiger partial charge in [0.15, 0.2) is 14.4 Å². The summed E-state index contributed by atoms with van der Waals surface area (Å²) >= 11 is 0. The number of esters is 2. The van der Waals surface area contributed by atoms with Gasteiger partial charge in [-0.1, -0.05) is 41.5 Å². The highest BCUT2D eigenvalue weighted by molar-refractivity contribution is 6.77. The Morgan fingerprint density at radius 3 is 1.70 bits per heavy atom. The molecule has 1 unspecified atom stereocenters. The van der Waals surface area contributed by atoms with E-state index in [-0.39, 0.29) is 19.8 Å². The Hall–Kier alpha value is -1.12. The molecule has 0 aromatic rings. The molecule has 0 bridgehead atoms. The van der Waals surface area contributed by atoms with E-state index in [1.807, 2.05) is 0 Å². The maximum absolute atomic E-state index is 11.4. The second kappa shape index (κ2) is 16.1. The van der Waals surface area contributed by atoms with Gasteiger partial charge >= 0.3 is 11.9 Å². The molecule has 4 atom stereocenters. The van der Waals surface area contributed by atoms with Gasteiger partial charge in [-0.05, 0) is 16.6 Å². The third kappa shape index (κ3) is 9.54. The molecule has 0 aromatic heterocycles. The summed E-state index contributed by atoms with van der Waals surface area (Å²) in [6.07, 6.45) is -4.12. The summed E-state index contributed by atoms with van der Waals surface area (Å²) in [6.45, 7) is 17.2. The van der Waals surface area contributed by atoms with Crippen LogP contribution in [0.25, 0.3) is 0 Å². The minimum Gasteiger partial charge on any atom is -0.453 e. The molecule has 0 amide bonds. The lowest BCUT2D eigenvalue weighted by Gasteiger charge is -2.42. The van der Waals surface area contributed by atoms with Gasteiger partial charge in [0.05, 0.1) is 52.9 Å². The van der Waals surface area contributed by atoms with Crippen molar-refractivity contribution in [2.24, 2.45) is 0 Å². The number of hydrogen-bond donors (Lipinski definition) is 2. The smallest absolute Gasteiger partial charge is 0.305 e. The summed E-state index contributed by atoms with van der Waals surface area (Å²) in [5.74, 6) is -1.38. The number of carbonyl (C=O) groups excluding carboxylic acids is 2. The highest BCUT2D eigenvalue weighted by Gasteiger charge is 2.58. The maximum atomic E-state index is 11.4. The lowest BCUT2D eigenvalue weighted by molar-refractivity contribution is -0.217. The minimum atomic E-state index is -1.89. The Bertz CT molecular complexity index is 666. The number of aliphatic hydroxyl groups excluding tert-OH is 2. The first-order valence-corrected chi connectivity index (χ1v) is 15.2. The van der Waals surface area contributed by atoms with E-state index in [0.717, 1.165) is 13.8 Å². The van der Waals surface area contributed by atoms with Crippen molar-refractivity contribution in [2.45, 2.75) is 96.1 Å². The van der Waals surface area contributed by atoms with Crippen molar-refractivity contribution in [3.63, 3.8) is 0 Å². The molecule has 1 fully saturated rings. The molecule has 1 rings (SSSR count). The normalized spacial score (nSPS) is 24.3. The van der Waals surface area contributed by atoms with Gasteiger partial charge < -0.3 is 43.1 Å². The van der Waals surface area contributed by atoms with Crippen LogP contribution in [0.15, 0.2) is 0 Å². The van der Waals surface area contributed by atoms with Gasteiger partial charge in [0.25, 0.3) is 0 Å². The van der Waals surface area contributed by atoms with Crippen molar-refractivity contribution in [3.8, 4) is 0 Å². The van der Waals surface area contributed by atoms with Crippen LogP contribution >= 0.6 is 0 Å². The Kier molecular flexibility index (Phi) is 14.7. The van der Waals surface area contributed by atoms with Crippen LogP contribution in [0.2, 0.25) is 16.6 Å². The van der Waals surface area contributed by atoms with E-state index in [4.69, 9.17) is 32.8 Å². The van der Waals surface area contributed by atoms with Crippen LogP contribution < -0.4 is 0 Å². The first kappa shape index (κ1) is 33.9. The predicted octanol–water partition coefficient (Wildman–Crippen LogP) is 2.17. The third-order valence-corrected chi connectivity index (χ3v) is 12.8. The molecule has 2 N–H and O–H groups in total. The average Bonchev–Trinajstić information content (AvgIpc) is 3.04. The molecule has 0 spiro atoms. The molecule has 0 saturated carbocycles. The molecular formula is C25H48O11Si. The lowest BCUT2D eigenvalue weighted by atomic mass is 9.97. The molecule has 0 radical (unpaired) electrons. The van der Waals surface area contributed by atoms with Crippen molar-refractivity contribution in [1.29, 1.82) is 0 Å². The molecule has 218 valence electrons. The number of rotatable bonds is 18. The van der Waals surface area contributed by atoms with E-state index in [0.29, 0.717) is 43.1 Å². The van der Waals surface area contributed by atoms with Crippen molar-refractivity contribution in [3.05, 3.63) is 0 Å². The molecule has 1 aliphatic rings. The fourth-order valence-corrected chi connectivity index (χ4v) is 10.6. The summed E-state index contributed by atoms with van der Waals surface area (Å²) in [5.41, 5.74) is -0.0472. The van der Waals surface area contributed by atoms with Gasteiger partial charge in [0.2, 0.25) is 6.29 Å². The monoisotopic (exact) mass is 552 g/mol. The Morgan fingerprint density at radius 2 is 1.27 bits per heavy atom.